The number of carbonyl (C=O) groups is 1. The van der Waals surface area contributed by atoms with Crippen LogP contribution in [0.3, 0.4) is 0 Å². The summed E-state index contributed by atoms with van der Waals surface area (Å²) < 4.78 is 31.6. The van der Waals surface area contributed by atoms with Crippen LogP contribution in [0.25, 0.3) is 0 Å². The van der Waals surface area contributed by atoms with E-state index in [1.807, 2.05) is 0 Å². The van der Waals surface area contributed by atoms with Crippen molar-refractivity contribution in [2.75, 3.05) is 19.8 Å². The standard InChI is InChI=1S/C14H19NO4S/c1-3-4-9-19-10-8-15-20(17,18)14-7-5-6-13(11-14)12(2)16/h3,5-7,11,15H,1,4,8-10H2,2H3. The first kappa shape index (κ1) is 16.6. The molecule has 5 nitrogen and oxygen atoms in total. The van der Waals surface area contributed by atoms with E-state index < -0.39 is 10.0 Å². The number of ether oxygens (including phenoxy) is 1. The van der Waals surface area contributed by atoms with Crippen LogP contribution in [-0.4, -0.2) is 34.0 Å². The SMILES string of the molecule is C=CCCOCCNS(=O)(=O)c1cccc(C(C)=O)c1. The number of sulfonamides is 1. The van der Waals surface area contributed by atoms with Crippen molar-refractivity contribution in [3.63, 3.8) is 0 Å². The Kier molecular flexibility index (Phi) is 6.57. The fourth-order valence-corrected chi connectivity index (χ4v) is 2.54. The van der Waals surface area contributed by atoms with Crippen molar-refractivity contribution in [1.29, 1.82) is 0 Å². The van der Waals surface area contributed by atoms with Gasteiger partial charge in [-0.15, -0.1) is 6.58 Å². The van der Waals surface area contributed by atoms with Crippen LogP contribution in [0.4, 0.5) is 0 Å². The summed E-state index contributed by atoms with van der Waals surface area (Å²) in [6.07, 6.45) is 2.46. The van der Waals surface area contributed by atoms with Gasteiger partial charge in [0, 0.05) is 12.1 Å². The van der Waals surface area contributed by atoms with Crippen molar-refractivity contribution in [3.8, 4) is 0 Å². The Labute approximate surface area is 119 Å². The third-order valence-corrected chi connectivity index (χ3v) is 4.01. The van der Waals surface area contributed by atoms with Gasteiger partial charge in [-0.2, -0.15) is 0 Å². The molecule has 0 saturated heterocycles. The molecule has 0 spiro atoms. The van der Waals surface area contributed by atoms with Crippen LogP contribution in [0.5, 0.6) is 0 Å². The Balaban J connectivity index is 2.58. The molecule has 0 saturated carbocycles. The molecule has 0 aliphatic heterocycles. The van der Waals surface area contributed by atoms with E-state index in [1.165, 1.54) is 19.1 Å². The van der Waals surface area contributed by atoms with Gasteiger partial charge in [0.25, 0.3) is 0 Å². The second-order valence-corrected chi connectivity index (χ2v) is 5.94. The van der Waals surface area contributed by atoms with Gasteiger partial charge in [-0.1, -0.05) is 18.2 Å². The molecule has 0 amide bonds. The maximum Gasteiger partial charge on any atom is 0.240 e. The van der Waals surface area contributed by atoms with Crippen LogP contribution in [0.1, 0.15) is 23.7 Å². The average molecular weight is 297 g/mol. The number of benzene rings is 1. The molecule has 1 N–H and O–H groups in total. The summed E-state index contributed by atoms with van der Waals surface area (Å²) in [6.45, 7) is 5.95. The molecule has 1 aromatic carbocycles. The fourth-order valence-electron chi connectivity index (χ4n) is 1.48. The van der Waals surface area contributed by atoms with Crippen molar-refractivity contribution >= 4 is 15.8 Å². The minimum absolute atomic E-state index is 0.0799. The average Bonchev–Trinajstić information content (AvgIpc) is 2.43. The first-order chi connectivity index (χ1) is 9.47. The minimum atomic E-state index is -3.61. The van der Waals surface area contributed by atoms with E-state index in [4.69, 9.17) is 4.74 Å². The molecule has 0 bridgehead atoms. The lowest BCUT2D eigenvalue weighted by atomic mass is 10.2. The Morgan fingerprint density at radius 2 is 2.15 bits per heavy atom. The van der Waals surface area contributed by atoms with Crippen LogP contribution in [-0.2, 0) is 14.8 Å². The van der Waals surface area contributed by atoms with Gasteiger partial charge in [0.15, 0.2) is 5.78 Å². The normalized spacial score (nSPS) is 11.2. The molecule has 0 atom stereocenters. The van der Waals surface area contributed by atoms with E-state index in [0.717, 1.165) is 6.42 Å². The lowest BCUT2D eigenvalue weighted by molar-refractivity contribution is 0.101. The monoisotopic (exact) mass is 297 g/mol. The van der Waals surface area contributed by atoms with Gasteiger partial charge in [-0.05, 0) is 25.5 Å². The highest BCUT2D eigenvalue weighted by Crippen LogP contribution is 2.11. The van der Waals surface area contributed by atoms with Crippen molar-refractivity contribution < 1.29 is 17.9 Å². The number of carbonyl (C=O) groups excluding carboxylic acids is 1. The fraction of sp³-hybridized carbons (Fsp3) is 0.357. The number of rotatable bonds is 9. The maximum absolute atomic E-state index is 12.0. The van der Waals surface area contributed by atoms with Gasteiger partial charge in [-0.25, -0.2) is 13.1 Å². The van der Waals surface area contributed by atoms with E-state index in [1.54, 1.807) is 18.2 Å². The van der Waals surface area contributed by atoms with Gasteiger partial charge < -0.3 is 4.74 Å². The van der Waals surface area contributed by atoms with Crippen molar-refractivity contribution in [1.82, 2.24) is 4.72 Å². The van der Waals surface area contributed by atoms with Crippen molar-refractivity contribution in [2.24, 2.45) is 0 Å². The molecule has 0 aromatic heterocycles. The van der Waals surface area contributed by atoms with Gasteiger partial charge in [0.05, 0.1) is 18.1 Å². The molecule has 0 unspecified atom stereocenters. The molecule has 0 radical (unpaired) electrons. The highest BCUT2D eigenvalue weighted by atomic mass is 32.2. The highest BCUT2D eigenvalue weighted by Gasteiger charge is 2.14. The molecule has 1 aromatic rings. The summed E-state index contributed by atoms with van der Waals surface area (Å²) >= 11 is 0. The number of hydrogen-bond donors (Lipinski definition) is 1. The molecule has 0 fully saturated rings. The second kappa shape index (κ2) is 7.94. The van der Waals surface area contributed by atoms with Crippen LogP contribution in [0.15, 0.2) is 41.8 Å². The molecule has 6 heteroatoms. The van der Waals surface area contributed by atoms with E-state index in [2.05, 4.69) is 11.3 Å². The molecule has 1 rings (SSSR count). The molecule has 0 aliphatic rings. The Morgan fingerprint density at radius 1 is 1.40 bits per heavy atom. The second-order valence-electron chi connectivity index (χ2n) is 4.17. The molecule has 110 valence electrons. The van der Waals surface area contributed by atoms with Crippen LogP contribution < -0.4 is 4.72 Å². The lowest BCUT2D eigenvalue weighted by Crippen LogP contribution is -2.27. The Hall–Kier alpha value is -1.50. The summed E-state index contributed by atoms with van der Waals surface area (Å²) in [6, 6.07) is 5.95. The van der Waals surface area contributed by atoms with E-state index in [9.17, 15) is 13.2 Å². The molecule has 20 heavy (non-hydrogen) atoms. The third-order valence-electron chi connectivity index (χ3n) is 2.56. The third kappa shape index (κ3) is 5.24. The molecule has 0 heterocycles. The van der Waals surface area contributed by atoms with E-state index in [-0.39, 0.29) is 17.2 Å². The first-order valence-electron chi connectivity index (χ1n) is 6.26. The smallest absolute Gasteiger partial charge is 0.240 e. The maximum atomic E-state index is 12.0. The van der Waals surface area contributed by atoms with Crippen LogP contribution >= 0.6 is 0 Å². The zero-order valence-electron chi connectivity index (χ0n) is 11.5. The van der Waals surface area contributed by atoms with Gasteiger partial charge in [0.2, 0.25) is 10.0 Å². The quantitative estimate of drug-likeness (QED) is 0.428. The minimum Gasteiger partial charge on any atom is -0.380 e. The topological polar surface area (TPSA) is 72.5 Å². The number of hydrogen-bond acceptors (Lipinski definition) is 4. The summed E-state index contributed by atoms with van der Waals surface area (Å²) in [5.41, 5.74) is 0.370. The zero-order chi connectivity index (χ0) is 15.0. The lowest BCUT2D eigenvalue weighted by Gasteiger charge is -2.08. The molecule has 0 aliphatic carbocycles. The highest BCUT2D eigenvalue weighted by molar-refractivity contribution is 7.89. The Bertz CT molecular complexity index is 566. The van der Waals surface area contributed by atoms with Crippen molar-refractivity contribution in [3.05, 3.63) is 42.5 Å². The summed E-state index contributed by atoms with van der Waals surface area (Å²) in [4.78, 5) is 11.3. The predicted molar refractivity (Wildman–Crippen MR) is 77.3 cm³/mol. The first-order valence-corrected chi connectivity index (χ1v) is 7.75. The molecular weight excluding hydrogens is 278 g/mol. The van der Waals surface area contributed by atoms with Gasteiger partial charge >= 0.3 is 0 Å². The number of Topliss-reactive ketones (excluding diaryl/α,β-unsaturated/α-hetero) is 1. The van der Waals surface area contributed by atoms with E-state index >= 15 is 0 Å². The number of ketones is 1. The predicted octanol–water partition coefficient (Wildman–Crippen LogP) is 1.76. The van der Waals surface area contributed by atoms with Gasteiger partial charge in [0.1, 0.15) is 0 Å². The number of nitrogens with one attached hydrogen (secondary N) is 1. The summed E-state index contributed by atoms with van der Waals surface area (Å²) in [5.74, 6) is -0.171. The van der Waals surface area contributed by atoms with Gasteiger partial charge in [-0.3, -0.25) is 4.79 Å². The summed E-state index contributed by atoms with van der Waals surface area (Å²) in [7, 11) is -3.61. The zero-order valence-corrected chi connectivity index (χ0v) is 12.3. The largest absolute Gasteiger partial charge is 0.380 e. The van der Waals surface area contributed by atoms with Crippen LogP contribution in [0.2, 0.25) is 0 Å². The summed E-state index contributed by atoms with van der Waals surface area (Å²) in [5, 5.41) is 0. The van der Waals surface area contributed by atoms with E-state index in [0.29, 0.717) is 18.8 Å². The Morgan fingerprint density at radius 3 is 2.80 bits per heavy atom. The molecular formula is C14H19NO4S. The van der Waals surface area contributed by atoms with Crippen molar-refractivity contribution in [2.45, 2.75) is 18.2 Å². The van der Waals surface area contributed by atoms with Crippen LogP contribution in [0, 0.1) is 0 Å².